The van der Waals surface area contributed by atoms with E-state index in [1.165, 1.54) is 0 Å². The van der Waals surface area contributed by atoms with Crippen molar-refractivity contribution in [3.05, 3.63) is 36.9 Å². The minimum Gasteiger partial charge on any atom is -0.481 e. The van der Waals surface area contributed by atoms with Crippen LogP contribution >= 0.6 is 0 Å². The molecule has 2 N–H and O–H groups in total. The molecule has 8 nitrogen and oxygen atoms in total. The molecule has 0 fully saturated rings. The van der Waals surface area contributed by atoms with Gasteiger partial charge in [0.25, 0.3) is 0 Å². The summed E-state index contributed by atoms with van der Waals surface area (Å²) in [5.74, 6) is 1.01. The summed E-state index contributed by atoms with van der Waals surface area (Å²) in [6, 6.07) is 5.19. The van der Waals surface area contributed by atoms with Crippen molar-refractivity contribution in [3.8, 4) is 17.1 Å². The molecule has 23 heavy (non-hydrogen) atoms. The lowest BCUT2D eigenvalue weighted by atomic mass is 10.2. The van der Waals surface area contributed by atoms with Crippen LogP contribution in [0.4, 0.5) is 10.6 Å². The van der Waals surface area contributed by atoms with Crippen molar-refractivity contribution in [1.82, 2.24) is 24.7 Å². The van der Waals surface area contributed by atoms with Crippen LogP contribution in [-0.4, -0.2) is 39.0 Å². The Balaban J connectivity index is 1.87. The number of ether oxygens (including phenoxy) is 1. The van der Waals surface area contributed by atoms with Gasteiger partial charge in [-0.15, -0.1) is 0 Å². The van der Waals surface area contributed by atoms with Crippen molar-refractivity contribution < 1.29 is 9.53 Å². The fraction of sp³-hybridized carbons (Fsp3) is 0.200. The van der Waals surface area contributed by atoms with Gasteiger partial charge < -0.3 is 10.1 Å². The van der Waals surface area contributed by atoms with Crippen LogP contribution in [0.3, 0.4) is 0 Å². The van der Waals surface area contributed by atoms with Gasteiger partial charge in [-0.1, -0.05) is 0 Å². The van der Waals surface area contributed by atoms with Gasteiger partial charge in [-0.3, -0.25) is 9.72 Å². The zero-order valence-corrected chi connectivity index (χ0v) is 12.8. The predicted molar refractivity (Wildman–Crippen MR) is 85.5 cm³/mol. The summed E-state index contributed by atoms with van der Waals surface area (Å²) in [6.45, 7) is 2.40. The highest BCUT2D eigenvalue weighted by Gasteiger charge is 2.08. The van der Waals surface area contributed by atoms with E-state index in [-0.39, 0.29) is 6.03 Å². The number of rotatable bonds is 4. The van der Waals surface area contributed by atoms with Gasteiger partial charge in [0.1, 0.15) is 12.0 Å². The molecular weight excluding hydrogens is 296 g/mol. The van der Waals surface area contributed by atoms with Crippen LogP contribution in [0.1, 0.15) is 6.92 Å². The van der Waals surface area contributed by atoms with E-state index in [9.17, 15) is 4.79 Å². The molecule has 0 radical (unpaired) electrons. The maximum Gasteiger partial charge on any atom is 0.320 e. The summed E-state index contributed by atoms with van der Waals surface area (Å²) in [5, 5.41) is 5.32. The van der Waals surface area contributed by atoms with Crippen molar-refractivity contribution in [3.63, 3.8) is 0 Å². The molecule has 0 saturated heterocycles. The Morgan fingerprint density at radius 2 is 2.22 bits per heavy atom. The fourth-order valence-corrected chi connectivity index (χ4v) is 2.08. The van der Waals surface area contributed by atoms with E-state index < -0.39 is 0 Å². The van der Waals surface area contributed by atoms with Crippen molar-refractivity contribution in [1.29, 1.82) is 0 Å². The molecule has 0 aromatic carbocycles. The number of fused-ring (bicyclic) bond motifs is 1. The maximum atomic E-state index is 11.5. The number of anilines is 1. The third kappa shape index (κ3) is 3.20. The van der Waals surface area contributed by atoms with E-state index in [1.54, 1.807) is 36.3 Å². The molecule has 2 amide bonds. The number of urea groups is 1. The first-order chi connectivity index (χ1) is 11.2. The van der Waals surface area contributed by atoms with Gasteiger partial charge in [-0.2, -0.15) is 0 Å². The molecule has 0 unspecified atom stereocenters. The second kappa shape index (κ2) is 6.30. The molecule has 3 aromatic rings. The Morgan fingerprint density at radius 3 is 2.91 bits per heavy atom. The molecule has 0 bridgehead atoms. The summed E-state index contributed by atoms with van der Waals surface area (Å²) < 4.78 is 6.78. The lowest BCUT2D eigenvalue weighted by Gasteiger charge is -2.02. The molecule has 3 aromatic heterocycles. The number of pyridine rings is 1. The first-order valence-electron chi connectivity index (χ1n) is 7.09. The number of hydrogen-bond donors (Lipinski definition) is 2. The van der Waals surface area contributed by atoms with Crippen molar-refractivity contribution in [2.75, 3.05) is 19.0 Å². The summed E-state index contributed by atoms with van der Waals surface area (Å²) in [4.78, 5) is 24.4. The van der Waals surface area contributed by atoms with Crippen LogP contribution in [0.2, 0.25) is 0 Å². The largest absolute Gasteiger partial charge is 0.481 e. The molecule has 0 aliphatic heterocycles. The van der Waals surface area contributed by atoms with E-state index in [0.717, 1.165) is 11.3 Å². The van der Waals surface area contributed by atoms with E-state index >= 15 is 0 Å². The number of imidazole rings is 1. The fourth-order valence-electron chi connectivity index (χ4n) is 2.08. The third-order valence-electron chi connectivity index (χ3n) is 3.17. The van der Waals surface area contributed by atoms with Crippen LogP contribution in [-0.2, 0) is 0 Å². The maximum absolute atomic E-state index is 11.5. The first kappa shape index (κ1) is 14.8. The van der Waals surface area contributed by atoms with E-state index in [0.29, 0.717) is 23.9 Å². The van der Waals surface area contributed by atoms with Crippen molar-refractivity contribution in [2.24, 2.45) is 0 Å². The Labute approximate surface area is 132 Å². The van der Waals surface area contributed by atoms with Gasteiger partial charge in [-0.05, 0) is 13.0 Å². The molecule has 0 atom stereocenters. The van der Waals surface area contributed by atoms with Gasteiger partial charge in [0.2, 0.25) is 5.88 Å². The zero-order chi connectivity index (χ0) is 16.2. The highest BCUT2D eigenvalue weighted by molar-refractivity contribution is 5.88. The SMILES string of the molecule is CCNC(=O)Nc1cn2cnc(-c3ccc(OC)nc3)cc2n1. The molecule has 0 spiro atoms. The monoisotopic (exact) mass is 312 g/mol. The Hall–Kier alpha value is -3.16. The van der Waals surface area contributed by atoms with E-state index in [2.05, 4.69) is 25.6 Å². The summed E-state index contributed by atoms with van der Waals surface area (Å²) >= 11 is 0. The number of hydrogen-bond acceptors (Lipinski definition) is 5. The Kier molecular flexibility index (Phi) is 4.05. The minimum atomic E-state index is -0.288. The van der Waals surface area contributed by atoms with Crippen LogP contribution in [0.25, 0.3) is 16.9 Å². The Morgan fingerprint density at radius 1 is 1.35 bits per heavy atom. The van der Waals surface area contributed by atoms with Gasteiger partial charge in [-0.25, -0.2) is 19.7 Å². The zero-order valence-electron chi connectivity index (χ0n) is 12.8. The number of methoxy groups -OCH3 is 1. The predicted octanol–water partition coefficient (Wildman–Crippen LogP) is 1.94. The highest BCUT2D eigenvalue weighted by atomic mass is 16.5. The number of aromatic nitrogens is 4. The van der Waals surface area contributed by atoms with Crippen LogP contribution in [0, 0.1) is 0 Å². The standard InChI is InChI=1S/C15H16N6O2/c1-3-16-15(22)20-12-8-21-9-18-11(6-13(21)19-12)10-4-5-14(23-2)17-7-10/h4-9H,3H2,1-2H3,(H2,16,20,22). The summed E-state index contributed by atoms with van der Waals surface area (Å²) in [5.41, 5.74) is 2.27. The summed E-state index contributed by atoms with van der Waals surface area (Å²) in [6.07, 6.45) is 5.03. The number of amides is 2. The van der Waals surface area contributed by atoms with Gasteiger partial charge in [0.15, 0.2) is 5.82 Å². The van der Waals surface area contributed by atoms with E-state index in [1.807, 2.05) is 19.1 Å². The Bertz CT molecular complexity index is 828. The van der Waals surface area contributed by atoms with Crippen LogP contribution in [0.5, 0.6) is 5.88 Å². The van der Waals surface area contributed by atoms with Crippen LogP contribution in [0.15, 0.2) is 36.9 Å². The second-order valence-corrected chi connectivity index (χ2v) is 4.74. The molecule has 0 aliphatic rings. The first-order valence-corrected chi connectivity index (χ1v) is 7.09. The van der Waals surface area contributed by atoms with Gasteiger partial charge >= 0.3 is 6.03 Å². The lowest BCUT2D eigenvalue weighted by Crippen LogP contribution is -2.28. The number of nitrogens with one attached hydrogen (secondary N) is 2. The average molecular weight is 312 g/mol. The smallest absolute Gasteiger partial charge is 0.320 e. The molecule has 3 rings (SSSR count). The molecule has 118 valence electrons. The number of carbonyl (C=O) groups is 1. The average Bonchev–Trinajstić information content (AvgIpc) is 2.96. The van der Waals surface area contributed by atoms with E-state index in [4.69, 9.17) is 4.74 Å². The van der Waals surface area contributed by atoms with Crippen LogP contribution < -0.4 is 15.4 Å². The highest BCUT2D eigenvalue weighted by Crippen LogP contribution is 2.20. The second-order valence-electron chi connectivity index (χ2n) is 4.74. The number of carbonyl (C=O) groups excluding carboxylic acids is 1. The molecule has 8 heteroatoms. The lowest BCUT2D eigenvalue weighted by molar-refractivity contribution is 0.252. The topological polar surface area (TPSA) is 93.4 Å². The van der Waals surface area contributed by atoms with Gasteiger partial charge in [0, 0.05) is 30.4 Å². The quantitative estimate of drug-likeness (QED) is 0.768. The molecule has 0 aliphatic carbocycles. The third-order valence-corrected chi connectivity index (χ3v) is 3.17. The minimum absolute atomic E-state index is 0.288. The normalized spacial score (nSPS) is 10.5. The summed E-state index contributed by atoms with van der Waals surface area (Å²) in [7, 11) is 1.57. The number of nitrogens with zero attached hydrogens (tertiary/aromatic N) is 4. The van der Waals surface area contributed by atoms with Crippen molar-refractivity contribution in [2.45, 2.75) is 6.92 Å². The van der Waals surface area contributed by atoms with Crippen molar-refractivity contribution >= 4 is 17.5 Å². The van der Waals surface area contributed by atoms with Gasteiger partial charge in [0.05, 0.1) is 19.0 Å². The molecular formula is C15H16N6O2. The molecule has 0 saturated carbocycles. The molecule has 3 heterocycles.